The van der Waals surface area contributed by atoms with Gasteiger partial charge in [-0.05, 0) is 24.3 Å². The number of hydrogen-bond donors (Lipinski definition) is 2. The smallest absolute Gasteiger partial charge is 0.275 e. The number of anilines is 2. The number of methoxy groups -OCH3 is 1. The Bertz CT molecular complexity index is 900. The molecular weight excluding hydrogens is 335 g/mol. The Morgan fingerprint density at radius 1 is 1.12 bits per heavy atom. The van der Waals surface area contributed by atoms with Crippen molar-refractivity contribution in [1.82, 2.24) is 9.97 Å². The van der Waals surface area contributed by atoms with Crippen molar-refractivity contribution in [2.24, 2.45) is 0 Å². The summed E-state index contributed by atoms with van der Waals surface area (Å²) in [6.45, 7) is 0.507. The number of rotatable bonds is 6. The first-order valence-corrected chi connectivity index (χ1v) is 7.90. The number of para-hydroxylation sites is 1. The predicted octanol–water partition coefficient (Wildman–Crippen LogP) is 3.49. The van der Waals surface area contributed by atoms with E-state index in [9.17, 15) is 9.18 Å². The number of nitrogens with one attached hydrogen (secondary N) is 2. The summed E-state index contributed by atoms with van der Waals surface area (Å²) >= 11 is 0. The van der Waals surface area contributed by atoms with Gasteiger partial charge in [-0.3, -0.25) is 4.79 Å². The van der Waals surface area contributed by atoms with Crippen molar-refractivity contribution in [1.29, 1.82) is 0 Å². The lowest BCUT2D eigenvalue weighted by atomic mass is 10.2. The Kier molecular flexibility index (Phi) is 5.38. The van der Waals surface area contributed by atoms with E-state index in [1.165, 1.54) is 30.6 Å². The first-order chi connectivity index (χ1) is 12.7. The van der Waals surface area contributed by atoms with E-state index in [1.807, 2.05) is 24.3 Å². The molecule has 1 heterocycles. The number of halogens is 1. The molecule has 3 rings (SSSR count). The largest absolute Gasteiger partial charge is 0.496 e. The summed E-state index contributed by atoms with van der Waals surface area (Å²) in [7, 11) is 1.62. The summed E-state index contributed by atoms with van der Waals surface area (Å²) < 4.78 is 18.4. The lowest BCUT2D eigenvalue weighted by Crippen LogP contribution is -2.14. The number of aromatic nitrogens is 2. The average Bonchev–Trinajstić information content (AvgIpc) is 2.67. The molecule has 7 heteroatoms. The minimum atomic E-state index is -0.459. The molecule has 2 aromatic carbocycles. The van der Waals surface area contributed by atoms with Crippen LogP contribution in [-0.2, 0) is 6.54 Å². The van der Waals surface area contributed by atoms with Gasteiger partial charge >= 0.3 is 0 Å². The van der Waals surface area contributed by atoms with Crippen LogP contribution in [0.15, 0.2) is 60.9 Å². The van der Waals surface area contributed by atoms with Crippen molar-refractivity contribution in [2.45, 2.75) is 6.54 Å². The van der Waals surface area contributed by atoms with E-state index in [0.29, 0.717) is 18.1 Å². The van der Waals surface area contributed by atoms with Crippen LogP contribution in [0.3, 0.4) is 0 Å². The van der Waals surface area contributed by atoms with Crippen LogP contribution in [0.2, 0.25) is 0 Å². The summed E-state index contributed by atoms with van der Waals surface area (Å²) in [5, 5.41) is 5.70. The zero-order valence-corrected chi connectivity index (χ0v) is 14.1. The van der Waals surface area contributed by atoms with Crippen molar-refractivity contribution >= 4 is 17.4 Å². The lowest BCUT2D eigenvalue weighted by Gasteiger charge is -2.10. The number of benzene rings is 2. The van der Waals surface area contributed by atoms with Crippen LogP contribution in [0.5, 0.6) is 5.75 Å². The van der Waals surface area contributed by atoms with Gasteiger partial charge in [-0.2, -0.15) is 0 Å². The molecule has 0 fully saturated rings. The van der Waals surface area contributed by atoms with Gasteiger partial charge in [0.05, 0.1) is 19.5 Å². The number of hydrogen-bond acceptors (Lipinski definition) is 5. The Morgan fingerprint density at radius 2 is 1.96 bits per heavy atom. The van der Waals surface area contributed by atoms with Crippen molar-refractivity contribution in [3.63, 3.8) is 0 Å². The van der Waals surface area contributed by atoms with Crippen LogP contribution in [0, 0.1) is 5.82 Å². The van der Waals surface area contributed by atoms with E-state index in [-0.39, 0.29) is 5.69 Å². The molecule has 2 N–H and O–H groups in total. The standard InChI is InChI=1S/C19H17FN4O2/c1-26-17-8-3-2-5-13(17)10-22-18-12-21-16(11-23-18)19(25)24-15-7-4-6-14(20)9-15/h2-9,11-12H,10H2,1H3,(H,22,23)(H,24,25). The second-order valence-electron chi connectivity index (χ2n) is 5.42. The number of carbonyl (C=O) groups is 1. The third kappa shape index (κ3) is 4.32. The minimum Gasteiger partial charge on any atom is -0.496 e. The van der Waals surface area contributed by atoms with E-state index >= 15 is 0 Å². The molecule has 0 aliphatic heterocycles. The van der Waals surface area contributed by atoms with E-state index in [2.05, 4.69) is 20.6 Å². The maximum atomic E-state index is 13.2. The van der Waals surface area contributed by atoms with Gasteiger partial charge in [0, 0.05) is 17.8 Å². The van der Waals surface area contributed by atoms with E-state index in [0.717, 1.165) is 11.3 Å². The van der Waals surface area contributed by atoms with Crippen LogP contribution >= 0.6 is 0 Å². The molecule has 0 saturated heterocycles. The number of ether oxygens (including phenoxy) is 1. The zero-order chi connectivity index (χ0) is 18.4. The molecule has 0 bridgehead atoms. The lowest BCUT2D eigenvalue weighted by molar-refractivity contribution is 0.102. The van der Waals surface area contributed by atoms with Gasteiger partial charge in [0.25, 0.3) is 5.91 Å². The van der Waals surface area contributed by atoms with Gasteiger partial charge in [0.2, 0.25) is 0 Å². The number of nitrogens with zero attached hydrogens (tertiary/aromatic N) is 2. The molecule has 1 amide bonds. The van der Waals surface area contributed by atoms with Crippen LogP contribution in [0.25, 0.3) is 0 Å². The third-order valence-corrected chi connectivity index (χ3v) is 3.62. The Morgan fingerprint density at radius 3 is 2.69 bits per heavy atom. The van der Waals surface area contributed by atoms with Crippen molar-refractivity contribution in [3.05, 3.63) is 78.0 Å². The molecule has 0 aliphatic rings. The van der Waals surface area contributed by atoms with Crippen LogP contribution in [0.1, 0.15) is 16.1 Å². The molecule has 0 saturated carbocycles. The second kappa shape index (κ2) is 8.06. The van der Waals surface area contributed by atoms with E-state index in [4.69, 9.17) is 4.74 Å². The molecule has 6 nitrogen and oxygen atoms in total. The first kappa shape index (κ1) is 17.3. The maximum Gasteiger partial charge on any atom is 0.275 e. The van der Waals surface area contributed by atoms with Gasteiger partial charge < -0.3 is 15.4 Å². The Balaban J connectivity index is 1.62. The SMILES string of the molecule is COc1ccccc1CNc1cnc(C(=O)Nc2cccc(F)c2)cn1. The van der Waals surface area contributed by atoms with Gasteiger partial charge in [-0.1, -0.05) is 24.3 Å². The fraction of sp³-hybridized carbons (Fsp3) is 0.105. The summed E-state index contributed by atoms with van der Waals surface area (Å²) in [4.78, 5) is 20.4. The highest BCUT2D eigenvalue weighted by Crippen LogP contribution is 2.18. The van der Waals surface area contributed by atoms with Crippen molar-refractivity contribution < 1.29 is 13.9 Å². The predicted molar refractivity (Wildman–Crippen MR) is 96.7 cm³/mol. The van der Waals surface area contributed by atoms with Crippen LogP contribution < -0.4 is 15.4 Å². The topological polar surface area (TPSA) is 76.1 Å². The van der Waals surface area contributed by atoms with Gasteiger partial charge in [0.15, 0.2) is 0 Å². The molecule has 0 radical (unpaired) electrons. The molecule has 26 heavy (non-hydrogen) atoms. The highest BCUT2D eigenvalue weighted by atomic mass is 19.1. The third-order valence-electron chi connectivity index (χ3n) is 3.62. The fourth-order valence-electron chi connectivity index (χ4n) is 2.33. The first-order valence-electron chi connectivity index (χ1n) is 7.90. The molecule has 0 atom stereocenters. The molecule has 1 aromatic heterocycles. The molecule has 132 valence electrons. The minimum absolute atomic E-state index is 0.136. The summed E-state index contributed by atoms with van der Waals surface area (Å²) in [6.07, 6.45) is 2.83. The molecule has 0 unspecified atom stereocenters. The Labute approximate surface area is 150 Å². The Hall–Kier alpha value is -3.48. The summed E-state index contributed by atoms with van der Waals surface area (Å²) in [6, 6.07) is 13.3. The molecule has 0 spiro atoms. The molecule has 3 aromatic rings. The van der Waals surface area contributed by atoms with Gasteiger partial charge in [0.1, 0.15) is 23.1 Å². The van der Waals surface area contributed by atoms with Gasteiger partial charge in [-0.15, -0.1) is 0 Å². The number of amides is 1. The molecular formula is C19H17FN4O2. The highest BCUT2D eigenvalue weighted by molar-refractivity contribution is 6.02. The zero-order valence-electron chi connectivity index (χ0n) is 14.1. The van der Waals surface area contributed by atoms with E-state index < -0.39 is 11.7 Å². The van der Waals surface area contributed by atoms with Crippen LogP contribution in [-0.4, -0.2) is 23.0 Å². The number of carbonyl (C=O) groups excluding carboxylic acids is 1. The second-order valence-corrected chi connectivity index (χ2v) is 5.42. The summed E-state index contributed by atoms with van der Waals surface area (Å²) in [5.74, 6) is 0.418. The molecule has 0 aliphatic carbocycles. The monoisotopic (exact) mass is 352 g/mol. The summed E-state index contributed by atoms with van der Waals surface area (Å²) in [5.41, 5.74) is 1.47. The highest BCUT2D eigenvalue weighted by Gasteiger charge is 2.09. The maximum absolute atomic E-state index is 13.2. The van der Waals surface area contributed by atoms with Crippen LogP contribution in [0.4, 0.5) is 15.9 Å². The van der Waals surface area contributed by atoms with Gasteiger partial charge in [-0.25, -0.2) is 14.4 Å². The average molecular weight is 352 g/mol. The normalized spacial score (nSPS) is 10.2. The van der Waals surface area contributed by atoms with Crippen molar-refractivity contribution in [3.8, 4) is 5.75 Å². The van der Waals surface area contributed by atoms with Crippen molar-refractivity contribution in [2.75, 3.05) is 17.7 Å². The van der Waals surface area contributed by atoms with E-state index in [1.54, 1.807) is 13.2 Å². The quantitative estimate of drug-likeness (QED) is 0.710. The fourth-order valence-corrected chi connectivity index (χ4v) is 2.33.